The molecule has 132 valence electrons. The third-order valence-corrected chi connectivity index (χ3v) is 3.23. The molecule has 0 aromatic heterocycles. The van der Waals surface area contributed by atoms with Gasteiger partial charge >= 0.3 is 12.0 Å². The van der Waals surface area contributed by atoms with Crippen LogP contribution in [0.25, 0.3) is 0 Å². The number of hydrogen-bond acceptors (Lipinski definition) is 5. The van der Waals surface area contributed by atoms with Crippen LogP contribution in [0.1, 0.15) is 25.0 Å². The van der Waals surface area contributed by atoms with E-state index in [-0.39, 0.29) is 6.61 Å². The Bertz CT molecular complexity index is 610. The number of benzene rings is 1. The first-order valence-electron chi connectivity index (χ1n) is 7.42. The summed E-state index contributed by atoms with van der Waals surface area (Å²) in [7, 11) is 0. The first-order valence-corrected chi connectivity index (χ1v) is 7.80. The van der Waals surface area contributed by atoms with Gasteiger partial charge in [0.05, 0.1) is 0 Å². The van der Waals surface area contributed by atoms with Crippen molar-refractivity contribution in [3.63, 3.8) is 0 Å². The van der Waals surface area contributed by atoms with E-state index in [2.05, 4.69) is 10.6 Å². The second-order valence-corrected chi connectivity index (χ2v) is 5.57. The number of halogens is 1. The van der Waals surface area contributed by atoms with E-state index in [4.69, 9.17) is 21.1 Å². The van der Waals surface area contributed by atoms with Gasteiger partial charge in [0.15, 0.2) is 12.7 Å². The lowest BCUT2D eigenvalue weighted by Crippen LogP contribution is -2.44. The van der Waals surface area contributed by atoms with Crippen LogP contribution in [-0.2, 0) is 14.3 Å². The van der Waals surface area contributed by atoms with Crippen LogP contribution < -0.4 is 15.4 Å². The van der Waals surface area contributed by atoms with Crippen molar-refractivity contribution < 1.29 is 23.9 Å². The van der Waals surface area contributed by atoms with Gasteiger partial charge in [-0.3, -0.25) is 10.1 Å². The second-order valence-electron chi connectivity index (χ2n) is 5.14. The van der Waals surface area contributed by atoms with E-state index in [1.54, 1.807) is 19.1 Å². The topological polar surface area (TPSA) is 93.7 Å². The van der Waals surface area contributed by atoms with E-state index >= 15 is 0 Å². The first kappa shape index (κ1) is 19.8. The minimum Gasteiger partial charge on any atom is -0.481 e. The van der Waals surface area contributed by atoms with Crippen LogP contribution >= 0.6 is 11.6 Å². The minimum absolute atomic E-state index is 0.359. The average Bonchev–Trinajstić information content (AvgIpc) is 2.45. The van der Waals surface area contributed by atoms with E-state index in [1.165, 1.54) is 6.92 Å². The molecule has 24 heavy (non-hydrogen) atoms. The van der Waals surface area contributed by atoms with Crippen molar-refractivity contribution >= 4 is 29.5 Å². The molecule has 3 amide bonds. The summed E-state index contributed by atoms with van der Waals surface area (Å²) in [5.74, 6) is -0.897. The van der Waals surface area contributed by atoms with E-state index < -0.39 is 24.0 Å². The summed E-state index contributed by atoms with van der Waals surface area (Å²) in [6.45, 7) is 6.71. The molecule has 0 aliphatic carbocycles. The van der Waals surface area contributed by atoms with Crippen LogP contribution in [0.3, 0.4) is 0 Å². The molecule has 8 heteroatoms. The maximum absolute atomic E-state index is 11.8. The minimum atomic E-state index is -1.11. The molecule has 0 heterocycles. The number of nitrogens with one attached hydrogen (secondary N) is 2. The number of imide groups is 1. The van der Waals surface area contributed by atoms with Gasteiger partial charge in [0.1, 0.15) is 5.75 Å². The summed E-state index contributed by atoms with van der Waals surface area (Å²) in [5.41, 5.74) is 1.57. The highest BCUT2D eigenvalue weighted by molar-refractivity contribution is 6.30. The fourth-order valence-electron chi connectivity index (χ4n) is 1.96. The fourth-order valence-corrected chi connectivity index (χ4v) is 2.29. The lowest BCUT2D eigenvalue weighted by molar-refractivity contribution is -0.156. The van der Waals surface area contributed by atoms with Crippen molar-refractivity contribution in [3.8, 4) is 5.75 Å². The van der Waals surface area contributed by atoms with Gasteiger partial charge in [-0.25, -0.2) is 9.59 Å². The van der Waals surface area contributed by atoms with Crippen LogP contribution in [0.15, 0.2) is 12.1 Å². The van der Waals surface area contributed by atoms with E-state index in [0.717, 1.165) is 11.1 Å². The van der Waals surface area contributed by atoms with Gasteiger partial charge in [0.25, 0.3) is 5.91 Å². The molecule has 0 unspecified atom stereocenters. The quantitative estimate of drug-likeness (QED) is 0.761. The number of rotatable bonds is 6. The molecule has 1 aromatic rings. The van der Waals surface area contributed by atoms with E-state index in [0.29, 0.717) is 17.3 Å². The number of esters is 1. The zero-order valence-corrected chi connectivity index (χ0v) is 14.8. The van der Waals surface area contributed by atoms with Gasteiger partial charge in [0.2, 0.25) is 0 Å². The van der Waals surface area contributed by atoms with Crippen molar-refractivity contribution in [2.24, 2.45) is 0 Å². The molecule has 0 aliphatic rings. The predicted octanol–water partition coefficient (Wildman–Crippen LogP) is 2.11. The van der Waals surface area contributed by atoms with E-state index in [1.807, 2.05) is 13.8 Å². The summed E-state index contributed by atoms with van der Waals surface area (Å²) < 4.78 is 10.4. The largest absolute Gasteiger partial charge is 0.481 e. The zero-order valence-electron chi connectivity index (χ0n) is 14.1. The maximum Gasteiger partial charge on any atom is 0.344 e. The molecule has 7 nitrogen and oxygen atoms in total. The predicted molar refractivity (Wildman–Crippen MR) is 89.2 cm³/mol. The Morgan fingerprint density at radius 3 is 2.33 bits per heavy atom. The van der Waals surface area contributed by atoms with Crippen molar-refractivity contribution in [2.75, 3.05) is 13.2 Å². The van der Waals surface area contributed by atoms with Gasteiger partial charge in [-0.1, -0.05) is 11.6 Å². The molecular formula is C16H21ClN2O5. The molecule has 0 saturated heterocycles. The molecule has 0 aliphatic heterocycles. The Kier molecular flexibility index (Phi) is 7.51. The molecular weight excluding hydrogens is 336 g/mol. The number of ether oxygens (including phenoxy) is 2. The lowest BCUT2D eigenvalue weighted by atomic mass is 10.1. The van der Waals surface area contributed by atoms with Crippen LogP contribution in [0.5, 0.6) is 5.75 Å². The Hall–Kier alpha value is -2.28. The maximum atomic E-state index is 11.8. The lowest BCUT2D eigenvalue weighted by Gasteiger charge is -2.15. The van der Waals surface area contributed by atoms with Crippen LogP contribution in [-0.4, -0.2) is 37.2 Å². The van der Waals surface area contributed by atoms with E-state index in [9.17, 15) is 14.4 Å². The Morgan fingerprint density at radius 1 is 1.21 bits per heavy atom. The summed E-state index contributed by atoms with van der Waals surface area (Å²) in [5, 5.41) is 5.04. The molecule has 0 radical (unpaired) electrons. The summed E-state index contributed by atoms with van der Waals surface area (Å²) in [6.07, 6.45) is -1.11. The normalized spacial score (nSPS) is 11.4. The highest BCUT2D eigenvalue weighted by Crippen LogP contribution is 2.26. The molecule has 0 fully saturated rings. The van der Waals surface area contributed by atoms with Gasteiger partial charge in [-0.2, -0.15) is 0 Å². The first-order chi connectivity index (χ1) is 11.2. The summed E-state index contributed by atoms with van der Waals surface area (Å²) in [6, 6.07) is 2.80. The third kappa shape index (κ3) is 6.08. The molecule has 0 saturated carbocycles. The standard InChI is InChI=1S/C16H21ClN2O5/c1-5-18-16(22)19-15(21)11(4)24-13(20)8-23-14-9(2)6-12(17)7-10(14)3/h6-7,11H,5,8H2,1-4H3,(H2,18,19,21,22)/t11-/m0/s1. The Morgan fingerprint density at radius 2 is 1.79 bits per heavy atom. The molecule has 1 atom stereocenters. The van der Waals surface area contributed by atoms with Crippen molar-refractivity contribution in [3.05, 3.63) is 28.3 Å². The monoisotopic (exact) mass is 356 g/mol. The number of amides is 3. The summed E-state index contributed by atoms with van der Waals surface area (Å²) >= 11 is 5.93. The van der Waals surface area contributed by atoms with Gasteiger partial charge in [0, 0.05) is 11.6 Å². The Balaban J connectivity index is 2.52. The van der Waals surface area contributed by atoms with Crippen LogP contribution in [0.2, 0.25) is 5.02 Å². The second kappa shape index (κ2) is 9.12. The average molecular weight is 357 g/mol. The molecule has 0 bridgehead atoms. The zero-order chi connectivity index (χ0) is 18.3. The molecule has 0 spiro atoms. The van der Waals surface area contributed by atoms with Gasteiger partial charge < -0.3 is 14.8 Å². The fraction of sp³-hybridized carbons (Fsp3) is 0.438. The SMILES string of the molecule is CCNC(=O)NC(=O)[C@H](C)OC(=O)COc1c(C)cc(Cl)cc1C. The third-order valence-electron chi connectivity index (χ3n) is 3.01. The smallest absolute Gasteiger partial charge is 0.344 e. The van der Waals surface area contributed by atoms with Crippen molar-refractivity contribution in [2.45, 2.75) is 33.8 Å². The highest BCUT2D eigenvalue weighted by Gasteiger charge is 2.20. The van der Waals surface area contributed by atoms with Crippen LogP contribution in [0.4, 0.5) is 4.79 Å². The van der Waals surface area contributed by atoms with Crippen molar-refractivity contribution in [1.82, 2.24) is 10.6 Å². The number of urea groups is 1. The number of carbonyl (C=O) groups excluding carboxylic acids is 3. The summed E-state index contributed by atoms with van der Waals surface area (Å²) in [4.78, 5) is 34.7. The number of hydrogen-bond donors (Lipinski definition) is 2. The Labute approximate surface area is 145 Å². The van der Waals surface area contributed by atoms with Crippen molar-refractivity contribution in [1.29, 1.82) is 0 Å². The number of carbonyl (C=O) groups is 3. The molecule has 2 N–H and O–H groups in total. The number of aryl methyl sites for hydroxylation is 2. The van der Waals surface area contributed by atoms with Gasteiger partial charge in [-0.05, 0) is 51.0 Å². The van der Waals surface area contributed by atoms with Gasteiger partial charge in [-0.15, -0.1) is 0 Å². The molecule has 1 aromatic carbocycles. The highest BCUT2D eigenvalue weighted by atomic mass is 35.5. The van der Waals surface area contributed by atoms with Crippen LogP contribution in [0, 0.1) is 13.8 Å². The molecule has 1 rings (SSSR count).